The van der Waals surface area contributed by atoms with Gasteiger partial charge in [0.25, 0.3) is 0 Å². The quantitative estimate of drug-likeness (QED) is 0.883. The van der Waals surface area contributed by atoms with Gasteiger partial charge in [-0.05, 0) is 69.9 Å². The fourth-order valence-electron chi connectivity index (χ4n) is 2.96. The second kappa shape index (κ2) is 7.61. The number of hydrogen-bond donors (Lipinski definition) is 1. The van der Waals surface area contributed by atoms with E-state index in [9.17, 15) is 0 Å². The fourth-order valence-corrected chi connectivity index (χ4v) is 2.96. The molecule has 0 amide bonds. The van der Waals surface area contributed by atoms with Gasteiger partial charge < -0.3 is 10.2 Å². The van der Waals surface area contributed by atoms with E-state index in [4.69, 9.17) is 0 Å². The number of aromatic nitrogens is 1. The first-order valence-corrected chi connectivity index (χ1v) is 7.68. The Morgan fingerprint density at radius 2 is 2.11 bits per heavy atom. The number of hydrogen-bond acceptors (Lipinski definition) is 3. The van der Waals surface area contributed by atoms with E-state index < -0.39 is 0 Å². The summed E-state index contributed by atoms with van der Waals surface area (Å²) in [7, 11) is 0. The summed E-state index contributed by atoms with van der Waals surface area (Å²) < 4.78 is 0. The van der Waals surface area contributed by atoms with Crippen LogP contribution in [-0.4, -0.2) is 35.6 Å². The van der Waals surface area contributed by atoms with E-state index >= 15 is 0 Å². The zero-order chi connectivity index (χ0) is 13.5. The third kappa shape index (κ3) is 4.59. The third-order valence-corrected chi connectivity index (χ3v) is 4.05. The molecule has 2 atom stereocenters. The van der Waals surface area contributed by atoms with Gasteiger partial charge in [-0.25, -0.2) is 0 Å². The second-order valence-corrected chi connectivity index (χ2v) is 5.64. The third-order valence-electron chi connectivity index (χ3n) is 4.05. The summed E-state index contributed by atoms with van der Waals surface area (Å²) in [4.78, 5) is 6.70. The summed E-state index contributed by atoms with van der Waals surface area (Å²) in [6.07, 6.45) is 8.92. The predicted octanol–water partition coefficient (Wildman–Crippen LogP) is 3.00. The lowest BCUT2D eigenvalue weighted by Crippen LogP contribution is -2.33. The molecular formula is C16H27N3. The highest BCUT2D eigenvalue weighted by molar-refractivity contribution is 5.14. The van der Waals surface area contributed by atoms with Crippen LogP contribution < -0.4 is 5.32 Å². The van der Waals surface area contributed by atoms with Crippen LogP contribution in [0, 0.1) is 0 Å². The van der Waals surface area contributed by atoms with Crippen molar-refractivity contribution in [2.75, 3.05) is 19.6 Å². The molecule has 2 rings (SSSR count). The Balaban J connectivity index is 1.83. The van der Waals surface area contributed by atoms with Crippen LogP contribution in [0.5, 0.6) is 0 Å². The molecule has 19 heavy (non-hydrogen) atoms. The van der Waals surface area contributed by atoms with Crippen LogP contribution in [0.4, 0.5) is 0 Å². The monoisotopic (exact) mass is 261 g/mol. The highest BCUT2D eigenvalue weighted by Crippen LogP contribution is 2.17. The van der Waals surface area contributed by atoms with Crippen molar-refractivity contribution in [1.82, 2.24) is 15.2 Å². The Bertz CT molecular complexity index is 352. The number of nitrogens with one attached hydrogen (secondary N) is 1. The molecule has 0 bridgehead atoms. The number of likely N-dealkylation sites (tertiary alicyclic amines) is 1. The molecule has 1 unspecified atom stereocenters. The van der Waals surface area contributed by atoms with Crippen LogP contribution in [0.2, 0.25) is 0 Å². The molecule has 0 radical (unpaired) electrons. The minimum absolute atomic E-state index is 0.422. The zero-order valence-corrected chi connectivity index (χ0v) is 12.3. The van der Waals surface area contributed by atoms with Gasteiger partial charge in [0.15, 0.2) is 0 Å². The zero-order valence-electron chi connectivity index (χ0n) is 12.3. The van der Waals surface area contributed by atoms with E-state index in [1.807, 2.05) is 12.4 Å². The number of pyridine rings is 1. The average Bonchev–Trinajstić information content (AvgIpc) is 2.66. The molecule has 1 saturated heterocycles. The van der Waals surface area contributed by atoms with Crippen molar-refractivity contribution in [3.8, 4) is 0 Å². The Labute approximate surface area is 117 Å². The summed E-state index contributed by atoms with van der Waals surface area (Å²) in [5.41, 5.74) is 1.34. The van der Waals surface area contributed by atoms with Gasteiger partial charge in [0.1, 0.15) is 0 Å². The van der Waals surface area contributed by atoms with Crippen LogP contribution in [0.15, 0.2) is 24.5 Å². The lowest BCUT2D eigenvalue weighted by atomic mass is 10.1. The van der Waals surface area contributed by atoms with Crippen molar-refractivity contribution < 1.29 is 0 Å². The van der Waals surface area contributed by atoms with Crippen molar-refractivity contribution >= 4 is 0 Å². The SMILES string of the molecule is CCCN1CCCC(N[C@@H](C)c2ccncc2)CC1. The van der Waals surface area contributed by atoms with Gasteiger partial charge in [0.05, 0.1) is 0 Å². The molecule has 3 nitrogen and oxygen atoms in total. The molecule has 1 aromatic heterocycles. The highest BCUT2D eigenvalue weighted by atomic mass is 15.1. The first kappa shape index (κ1) is 14.5. The lowest BCUT2D eigenvalue weighted by Gasteiger charge is -2.23. The van der Waals surface area contributed by atoms with Crippen LogP contribution >= 0.6 is 0 Å². The Kier molecular flexibility index (Phi) is 5.80. The van der Waals surface area contributed by atoms with Gasteiger partial charge in [0.2, 0.25) is 0 Å². The maximum Gasteiger partial charge on any atom is 0.0295 e. The summed E-state index contributed by atoms with van der Waals surface area (Å²) in [5.74, 6) is 0. The van der Waals surface area contributed by atoms with Crippen molar-refractivity contribution in [2.24, 2.45) is 0 Å². The standard InChI is InChI=1S/C16H27N3/c1-3-11-19-12-4-5-16(8-13-19)18-14(2)15-6-9-17-10-7-15/h6-7,9-10,14,16,18H,3-5,8,11-13H2,1-2H3/t14-,16?/m0/s1. The largest absolute Gasteiger partial charge is 0.307 e. The summed E-state index contributed by atoms with van der Waals surface area (Å²) >= 11 is 0. The summed E-state index contributed by atoms with van der Waals surface area (Å²) in [6.45, 7) is 8.30. The Morgan fingerprint density at radius 3 is 2.84 bits per heavy atom. The molecule has 1 aromatic rings. The average molecular weight is 261 g/mol. The lowest BCUT2D eigenvalue weighted by molar-refractivity contribution is 0.281. The van der Waals surface area contributed by atoms with Gasteiger partial charge in [-0.15, -0.1) is 0 Å². The van der Waals surface area contributed by atoms with Crippen molar-refractivity contribution in [1.29, 1.82) is 0 Å². The van der Waals surface area contributed by atoms with Crippen molar-refractivity contribution in [2.45, 2.75) is 51.6 Å². The molecule has 3 heteroatoms. The second-order valence-electron chi connectivity index (χ2n) is 5.64. The van der Waals surface area contributed by atoms with E-state index in [1.54, 1.807) is 0 Å². The molecule has 0 saturated carbocycles. The van der Waals surface area contributed by atoms with Crippen LogP contribution in [0.1, 0.15) is 51.1 Å². The molecule has 1 N–H and O–H groups in total. The molecule has 106 valence electrons. The molecule has 2 heterocycles. The van der Waals surface area contributed by atoms with Crippen molar-refractivity contribution in [3.05, 3.63) is 30.1 Å². The van der Waals surface area contributed by atoms with Crippen molar-refractivity contribution in [3.63, 3.8) is 0 Å². The molecule has 1 aliphatic heterocycles. The van der Waals surface area contributed by atoms with Crippen LogP contribution in [-0.2, 0) is 0 Å². The topological polar surface area (TPSA) is 28.2 Å². The van der Waals surface area contributed by atoms with Crippen LogP contribution in [0.3, 0.4) is 0 Å². The van der Waals surface area contributed by atoms with E-state index in [-0.39, 0.29) is 0 Å². The van der Waals surface area contributed by atoms with E-state index in [1.165, 1.54) is 50.9 Å². The van der Waals surface area contributed by atoms with Crippen LogP contribution in [0.25, 0.3) is 0 Å². The van der Waals surface area contributed by atoms with Gasteiger partial charge in [-0.3, -0.25) is 4.98 Å². The predicted molar refractivity (Wildman–Crippen MR) is 80.2 cm³/mol. The molecular weight excluding hydrogens is 234 g/mol. The smallest absolute Gasteiger partial charge is 0.0295 e. The molecule has 0 spiro atoms. The van der Waals surface area contributed by atoms with Gasteiger partial charge in [0, 0.05) is 24.5 Å². The molecule has 1 fully saturated rings. The van der Waals surface area contributed by atoms with E-state index in [0.717, 1.165) is 0 Å². The van der Waals surface area contributed by atoms with E-state index in [2.05, 4.69) is 41.2 Å². The van der Waals surface area contributed by atoms with Gasteiger partial charge in [-0.1, -0.05) is 6.92 Å². The van der Waals surface area contributed by atoms with Gasteiger partial charge in [-0.2, -0.15) is 0 Å². The Hall–Kier alpha value is -0.930. The molecule has 0 aromatic carbocycles. The Morgan fingerprint density at radius 1 is 1.32 bits per heavy atom. The fraction of sp³-hybridized carbons (Fsp3) is 0.688. The minimum Gasteiger partial charge on any atom is -0.307 e. The minimum atomic E-state index is 0.422. The van der Waals surface area contributed by atoms with Gasteiger partial charge >= 0.3 is 0 Å². The number of nitrogens with zero attached hydrogens (tertiary/aromatic N) is 2. The maximum absolute atomic E-state index is 4.09. The highest BCUT2D eigenvalue weighted by Gasteiger charge is 2.18. The number of rotatable bonds is 5. The first-order valence-electron chi connectivity index (χ1n) is 7.68. The van der Waals surface area contributed by atoms with E-state index in [0.29, 0.717) is 12.1 Å². The molecule has 1 aliphatic rings. The first-order chi connectivity index (χ1) is 9.29. The maximum atomic E-state index is 4.09. The normalized spacial score (nSPS) is 22.9. The summed E-state index contributed by atoms with van der Waals surface area (Å²) in [5, 5.41) is 3.78. The summed E-state index contributed by atoms with van der Waals surface area (Å²) in [6, 6.07) is 5.30. The molecule has 0 aliphatic carbocycles.